The van der Waals surface area contributed by atoms with Crippen LogP contribution >= 0.6 is 15.9 Å². The van der Waals surface area contributed by atoms with E-state index in [1.165, 1.54) is 0 Å². The third kappa shape index (κ3) is 6.42. The molecule has 5 nitrogen and oxygen atoms in total. The molecule has 0 atom stereocenters. The van der Waals surface area contributed by atoms with Gasteiger partial charge in [0.25, 0.3) is 0 Å². The summed E-state index contributed by atoms with van der Waals surface area (Å²) in [5.74, 6) is -1.23. The Labute approximate surface area is 134 Å². The second kappa shape index (κ2) is 11.5. The first-order valence-electron chi connectivity index (χ1n) is 7.08. The molecule has 21 heavy (non-hydrogen) atoms. The summed E-state index contributed by atoms with van der Waals surface area (Å²) in [6.45, 7) is 3.72. The Kier molecular flexibility index (Phi) is 10.8. The number of ether oxygens (including phenoxy) is 2. The molecule has 0 bridgehead atoms. The van der Waals surface area contributed by atoms with Crippen molar-refractivity contribution in [2.24, 2.45) is 5.41 Å². The van der Waals surface area contributed by atoms with E-state index in [9.17, 15) is 14.4 Å². The molecular weight excluding hydrogens is 340 g/mol. The van der Waals surface area contributed by atoms with Crippen LogP contribution in [0.4, 0.5) is 0 Å². The summed E-state index contributed by atoms with van der Waals surface area (Å²) in [4.78, 5) is 35.2. The number of esters is 2. The first kappa shape index (κ1) is 19.8. The van der Waals surface area contributed by atoms with Crippen LogP contribution in [0.15, 0.2) is 12.2 Å². The molecule has 0 unspecified atom stereocenters. The summed E-state index contributed by atoms with van der Waals surface area (Å²) in [6, 6.07) is 0. The van der Waals surface area contributed by atoms with Crippen LogP contribution in [0.3, 0.4) is 0 Å². The zero-order chi connectivity index (χ0) is 16.1. The van der Waals surface area contributed by atoms with E-state index in [1.54, 1.807) is 13.8 Å². The lowest BCUT2D eigenvalue weighted by molar-refractivity contribution is -0.173. The average Bonchev–Trinajstić information content (AvgIpc) is 2.47. The van der Waals surface area contributed by atoms with Gasteiger partial charge in [0.1, 0.15) is 6.29 Å². The molecule has 0 aromatic carbocycles. The van der Waals surface area contributed by atoms with Crippen LogP contribution in [-0.4, -0.2) is 36.8 Å². The summed E-state index contributed by atoms with van der Waals surface area (Å²) in [6.07, 6.45) is 5.48. The largest absolute Gasteiger partial charge is 0.465 e. The summed E-state index contributed by atoms with van der Waals surface area (Å²) >= 11 is 3.26. The number of alkyl halides is 1. The number of hydrogen-bond acceptors (Lipinski definition) is 5. The Balaban J connectivity index is 5.26. The Morgan fingerprint density at radius 3 is 1.95 bits per heavy atom. The van der Waals surface area contributed by atoms with Gasteiger partial charge in [-0.1, -0.05) is 28.1 Å². The minimum atomic E-state index is -1.40. The van der Waals surface area contributed by atoms with Crippen molar-refractivity contribution in [3.63, 3.8) is 0 Å². The van der Waals surface area contributed by atoms with Gasteiger partial charge in [-0.15, -0.1) is 0 Å². The normalized spacial score (nSPS) is 11.4. The van der Waals surface area contributed by atoms with E-state index in [2.05, 4.69) is 15.9 Å². The Morgan fingerprint density at radius 1 is 1.00 bits per heavy atom. The van der Waals surface area contributed by atoms with E-state index in [0.717, 1.165) is 0 Å². The van der Waals surface area contributed by atoms with Gasteiger partial charge in [0.2, 0.25) is 0 Å². The molecule has 0 aromatic heterocycles. The van der Waals surface area contributed by atoms with Gasteiger partial charge in [-0.25, -0.2) is 0 Å². The topological polar surface area (TPSA) is 69.7 Å². The number of rotatable bonds is 11. The van der Waals surface area contributed by atoms with Crippen LogP contribution < -0.4 is 0 Å². The molecule has 0 amide bonds. The highest BCUT2D eigenvalue weighted by Crippen LogP contribution is 2.33. The molecule has 0 spiro atoms. The highest BCUT2D eigenvalue weighted by atomic mass is 79.9. The van der Waals surface area contributed by atoms with Crippen LogP contribution in [0.5, 0.6) is 0 Å². The maximum Gasteiger partial charge on any atom is 0.323 e. The van der Waals surface area contributed by atoms with E-state index in [0.29, 0.717) is 18.0 Å². The SMILES string of the molecule is CCOC(=O)C(CCC=O)(CC/C=C/CBr)C(=O)OCC. The number of hydrogen-bond donors (Lipinski definition) is 0. The molecule has 0 fully saturated rings. The fourth-order valence-electron chi connectivity index (χ4n) is 1.97. The zero-order valence-electron chi connectivity index (χ0n) is 12.6. The standard InChI is InChI=1S/C15H23BrO5/c1-3-20-13(18)15(10-8-12-17,14(19)21-4-2)9-6-5-7-11-16/h5,7,12H,3-4,6,8-11H2,1-2H3/b7-5+. The van der Waals surface area contributed by atoms with Gasteiger partial charge in [0, 0.05) is 11.8 Å². The predicted molar refractivity (Wildman–Crippen MR) is 83.2 cm³/mol. The Morgan fingerprint density at radius 2 is 1.52 bits per heavy atom. The summed E-state index contributed by atoms with van der Waals surface area (Å²) < 4.78 is 10.1. The molecule has 120 valence electrons. The van der Waals surface area contributed by atoms with Crippen LogP contribution in [-0.2, 0) is 23.9 Å². The number of halogens is 1. The summed E-state index contributed by atoms with van der Waals surface area (Å²) in [5, 5.41) is 0.702. The van der Waals surface area contributed by atoms with Crippen molar-refractivity contribution in [2.45, 2.75) is 39.5 Å². The molecule has 0 aromatic rings. The van der Waals surface area contributed by atoms with Gasteiger partial charge >= 0.3 is 11.9 Å². The van der Waals surface area contributed by atoms with Gasteiger partial charge in [0.05, 0.1) is 13.2 Å². The lowest BCUT2D eigenvalue weighted by Gasteiger charge is -2.28. The molecule has 0 rings (SSSR count). The van der Waals surface area contributed by atoms with Crippen LogP contribution in [0.25, 0.3) is 0 Å². The molecule has 0 heterocycles. The second-order valence-electron chi connectivity index (χ2n) is 4.39. The molecule has 0 aliphatic heterocycles. The predicted octanol–water partition coefficient (Wildman–Crippen LogP) is 2.81. The maximum absolute atomic E-state index is 12.3. The number of aldehydes is 1. The summed E-state index contributed by atoms with van der Waals surface area (Å²) in [5.41, 5.74) is -1.40. The van der Waals surface area contributed by atoms with Crippen molar-refractivity contribution >= 4 is 34.2 Å². The highest BCUT2D eigenvalue weighted by molar-refractivity contribution is 9.09. The van der Waals surface area contributed by atoms with E-state index in [-0.39, 0.29) is 32.5 Å². The molecule has 0 saturated heterocycles. The smallest absolute Gasteiger partial charge is 0.323 e. The van der Waals surface area contributed by atoms with Gasteiger partial charge in [0.15, 0.2) is 5.41 Å². The molecule has 0 N–H and O–H groups in total. The van der Waals surface area contributed by atoms with Crippen molar-refractivity contribution in [1.82, 2.24) is 0 Å². The molecule has 6 heteroatoms. The minimum Gasteiger partial charge on any atom is -0.465 e. The van der Waals surface area contributed by atoms with Gasteiger partial charge in [-0.3, -0.25) is 9.59 Å². The number of allylic oxidation sites excluding steroid dienone is 2. The molecule has 0 aliphatic rings. The van der Waals surface area contributed by atoms with Gasteiger partial charge in [-0.05, 0) is 33.1 Å². The minimum absolute atomic E-state index is 0.107. The van der Waals surface area contributed by atoms with Crippen molar-refractivity contribution in [1.29, 1.82) is 0 Å². The molecular formula is C15H23BrO5. The monoisotopic (exact) mass is 362 g/mol. The van der Waals surface area contributed by atoms with Crippen LogP contribution in [0.1, 0.15) is 39.5 Å². The number of carbonyl (C=O) groups is 3. The molecule has 0 saturated carbocycles. The van der Waals surface area contributed by atoms with E-state index >= 15 is 0 Å². The zero-order valence-corrected chi connectivity index (χ0v) is 14.2. The lowest BCUT2D eigenvalue weighted by atomic mass is 9.79. The Hall–Kier alpha value is -1.17. The van der Waals surface area contributed by atoms with Gasteiger partial charge in [-0.2, -0.15) is 0 Å². The average molecular weight is 363 g/mol. The van der Waals surface area contributed by atoms with E-state index in [1.807, 2.05) is 12.2 Å². The number of carbonyl (C=O) groups excluding carboxylic acids is 3. The maximum atomic E-state index is 12.3. The van der Waals surface area contributed by atoms with E-state index in [4.69, 9.17) is 9.47 Å². The van der Waals surface area contributed by atoms with Crippen molar-refractivity contribution < 1.29 is 23.9 Å². The van der Waals surface area contributed by atoms with Gasteiger partial charge < -0.3 is 14.3 Å². The first-order valence-corrected chi connectivity index (χ1v) is 8.20. The van der Waals surface area contributed by atoms with Crippen LogP contribution in [0, 0.1) is 5.41 Å². The molecule has 0 radical (unpaired) electrons. The van der Waals surface area contributed by atoms with E-state index < -0.39 is 17.4 Å². The fourth-order valence-corrected chi connectivity index (χ4v) is 2.24. The molecule has 0 aliphatic carbocycles. The Bertz CT molecular complexity index is 347. The van der Waals surface area contributed by atoms with Crippen LogP contribution in [0.2, 0.25) is 0 Å². The second-order valence-corrected chi connectivity index (χ2v) is 5.04. The first-order chi connectivity index (χ1) is 10.1. The lowest BCUT2D eigenvalue weighted by Crippen LogP contribution is -2.42. The quantitative estimate of drug-likeness (QED) is 0.186. The van der Waals surface area contributed by atoms with Crippen molar-refractivity contribution in [2.75, 3.05) is 18.5 Å². The summed E-state index contributed by atoms with van der Waals surface area (Å²) in [7, 11) is 0. The van der Waals surface area contributed by atoms with Crippen molar-refractivity contribution in [3.05, 3.63) is 12.2 Å². The third-order valence-corrected chi connectivity index (χ3v) is 3.39. The third-order valence-electron chi connectivity index (χ3n) is 3.01. The highest BCUT2D eigenvalue weighted by Gasteiger charge is 2.47. The van der Waals surface area contributed by atoms with Crippen molar-refractivity contribution in [3.8, 4) is 0 Å². The fraction of sp³-hybridized carbons (Fsp3) is 0.667.